The van der Waals surface area contributed by atoms with Gasteiger partial charge in [0.1, 0.15) is 11.4 Å². The first kappa shape index (κ1) is 17.8. The van der Waals surface area contributed by atoms with Gasteiger partial charge in [-0.2, -0.15) is 0 Å². The third-order valence-corrected chi connectivity index (χ3v) is 2.66. The normalized spacial score (nSPS) is 11.5. The lowest BCUT2D eigenvalue weighted by Gasteiger charge is -2.26. The van der Waals surface area contributed by atoms with Crippen LogP contribution in [0.4, 0.5) is 4.79 Å². The molecule has 1 N–H and O–H groups in total. The van der Waals surface area contributed by atoms with Crippen molar-refractivity contribution in [3.63, 3.8) is 0 Å². The number of furan rings is 1. The van der Waals surface area contributed by atoms with Crippen molar-refractivity contribution in [2.75, 3.05) is 19.6 Å². The van der Waals surface area contributed by atoms with Crippen LogP contribution in [-0.4, -0.2) is 42.1 Å². The van der Waals surface area contributed by atoms with Crippen LogP contribution in [0.15, 0.2) is 28.9 Å². The zero-order valence-electron chi connectivity index (χ0n) is 13.6. The highest BCUT2D eigenvalue weighted by atomic mass is 16.6. The fraction of sp³-hybridized carbons (Fsp3) is 0.500. The highest BCUT2D eigenvalue weighted by molar-refractivity contribution is 5.91. The SMILES string of the molecule is CCN(CCNC(=O)/C=C/c1ccco1)C(=O)OC(C)(C)C. The van der Waals surface area contributed by atoms with Crippen LogP contribution in [0, 0.1) is 0 Å². The first-order valence-corrected chi connectivity index (χ1v) is 7.29. The van der Waals surface area contributed by atoms with Gasteiger partial charge in [-0.25, -0.2) is 4.79 Å². The molecule has 1 heterocycles. The van der Waals surface area contributed by atoms with Crippen molar-refractivity contribution in [2.24, 2.45) is 0 Å². The molecule has 0 unspecified atom stereocenters. The fourth-order valence-electron chi connectivity index (χ4n) is 1.62. The van der Waals surface area contributed by atoms with E-state index >= 15 is 0 Å². The minimum Gasteiger partial charge on any atom is -0.465 e. The van der Waals surface area contributed by atoms with E-state index in [1.54, 1.807) is 23.1 Å². The summed E-state index contributed by atoms with van der Waals surface area (Å²) >= 11 is 0. The van der Waals surface area contributed by atoms with Gasteiger partial charge in [0.25, 0.3) is 0 Å². The molecule has 0 aliphatic heterocycles. The van der Waals surface area contributed by atoms with Gasteiger partial charge < -0.3 is 19.4 Å². The van der Waals surface area contributed by atoms with E-state index in [9.17, 15) is 9.59 Å². The molecule has 6 nitrogen and oxygen atoms in total. The van der Waals surface area contributed by atoms with Crippen LogP contribution in [0.3, 0.4) is 0 Å². The fourth-order valence-corrected chi connectivity index (χ4v) is 1.62. The lowest BCUT2D eigenvalue weighted by Crippen LogP contribution is -2.41. The average Bonchev–Trinajstić information content (AvgIpc) is 2.92. The highest BCUT2D eigenvalue weighted by Gasteiger charge is 2.20. The lowest BCUT2D eigenvalue weighted by molar-refractivity contribution is -0.116. The van der Waals surface area contributed by atoms with Gasteiger partial charge in [-0.05, 0) is 45.9 Å². The largest absolute Gasteiger partial charge is 0.465 e. The van der Waals surface area contributed by atoms with Crippen LogP contribution < -0.4 is 5.32 Å². The number of rotatable bonds is 6. The Kier molecular flexibility index (Phi) is 6.69. The summed E-state index contributed by atoms with van der Waals surface area (Å²) in [5, 5.41) is 2.71. The van der Waals surface area contributed by atoms with E-state index < -0.39 is 5.60 Å². The summed E-state index contributed by atoms with van der Waals surface area (Å²) in [7, 11) is 0. The number of ether oxygens (including phenoxy) is 1. The molecule has 0 aliphatic rings. The molecule has 0 atom stereocenters. The zero-order chi connectivity index (χ0) is 16.6. The van der Waals surface area contributed by atoms with Gasteiger partial charge in [0.05, 0.1) is 6.26 Å². The molecule has 1 aromatic heterocycles. The molecular formula is C16H24N2O4. The van der Waals surface area contributed by atoms with Crippen molar-refractivity contribution in [1.29, 1.82) is 0 Å². The van der Waals surface area contributed by atoms with Crippen molar-refractivity contribution in [3.05, 3.63) is 30.2 Å². The Hall–Kier alpha value is -2.24. The molecule has 0 aromatic carbocycles. The zero-order valence-corrected chi connectivity index (χ0v) is 13.6. The molecule has 1 rings (SSSR count). The minimum absolute atomic E-state index is 0.239. The maximum atomic E-state index is 11.9. The Morgan fingerprint density at radius 2 is 2.14 bits per heavy atom. The maximum Gasteiger partial charge on any atom is 0.410 e. The van der Waals surface area contributed by atoms with Crippen LogP contribution in [0.1, 0.15) is 33.5 Å². The Balaban J connectivity index is 2.34. The third-order valence-electron chi connectivity index (χ3n) is 2.66. The smallest absolute Gasteiger partial charge is 0.410 e. The number of hydrogen-bond acceptors (Lipinski definition) is 4. The standard InChI is InChI=1S/C16H24N2O4/c1-5-18(15(20)22-16(2,3)4)11-10-17-14(19)9-8-13-7-6-12-21-13/h6-9,12H,5,10-11H2,1-4H3,(H,17,19)/b9-8+. The second kappa shape index (κ2) is 8.26. The van der Waals surface area contributed by atoms with E-state index in [0.717, 1.165) is 0 Å². The molecule has 2 amide bonds. The van der Waals surface area contributed by atoms with Gasteiger partial charge in [-0.3, -0.25) is 4.79 Å². The summed E-state index contributed by atoms with van der Waals surface area (Å²) in [4.78, 5) is 25.1. The number of carbonyl (C=O) groups is 2. The molecule has 0 bridgehead atoms. The molecular weight excluding hydrogens is 284 g/mol. The predicted molar refractivity (Wildman–Crippen MR) is 84.2 cm³/mol. The van der Waals surface area contributed by atoms with Crippen LogP contribution in [-0.2, 0) is 9.53 Å². The van der Waals surface area contributed by atoms with Crippen molar-refractivity contribution < 1.29 is 18.7 Å². The summed E-state index contributed by atoms with van der Waals surface area (Å²) in [6.07, 6.45) is 4.14. The second-order valence-electron chi connectivity index (χ2n) is 5.70. The maximum absolute atomic E-state index is 11.9. The van der Waals surface area contributed by atoms with E-state index in [2.05, 4.69) is 5.32 Å². The molecule has 22 heavy (non-hydrogen) atoms. The lowest BCUT2D eigenvalue weighted by atomic mass is 10.2. The topological polar surface area (TPSA) is 71.8 Å². The Morgan fingerprint density at radius 1 is 1.41 bits per heavy atom. The molecule has 0 spiro atoms. The van der Waals surface area contributed by atoms with E-state index in [1.807, 2.05) is 27.7 Å². The van der Waals surface area contributed by atoms with Gasteiger partial charge in [0.2, 0.25) is 5.91 Å². The van der Waals surface area contributed by atoms with Crippen LogP contribution in [0.25, 0.3) is 6.08 Å². The number of nitrogens with one attached hydrogen (secondary N) is 1. The minimum atomic E-state index is -0.528. The summed E-state index contributed by atoms with van der Waals surface area (Å²) in [5.74, 6) is 0.371. The van der Waals surface area contributed by atoms with Gasteiger partial charge in [0, 0.05) is 25.7 Å². The van der Waals surface area contributed by atoms with Crippen molar-refractivity contribution in [2.45, 2.75) is 33.3 Å². The molecule has 0 radical (unpaired) electrons. The van der Waals surface area contributed by atoms with Gasteiger partial charge >= 0.3 is 6.09 Å². The monoisotopic (exact) mass is 308 g/mol. The molecule has 6 heteroatoms. The molecule has 1 aromatic rings. The molecule has 0 fully saturated rings. The number of hydrogen-bond donors (Lipinski definition) is 1. The van der Waals surface area contributed by atoms with E-state index in [4.69, 9.17) is 9.15 Å². The summed E-state index contributed by atoms with van der Waals surface area (Å²) < 4.78 is 10.4. The first-order chi connectivity index (χ1) is 10.3. The van der Waals surface area contributed by atoms with Gasteiger partial charge in [-0.1, -0.05) is 0 Å². The number of carbonyl (C=O) groups excluding carboxylic acids is 2. The number of likely N-dealkylation sites (N-methyl/N-ethyl adjacent to an activating group) is 1. The van der Waals surface area contributed by atoms with Crippen LogP contribution >= 0.6 is 0 Å². The van der Waals surface area contributed by atoms with E-state index in [0.29, 0.717) is 25.4 Å². The highest BCUT2D eigenvalue weighted by Crippen LogP contribution is 2.09. The van der Waals surface area contributed by atoms with E-state index in [1.165, 1.54) is 12.3 Å². The Morgan fingerprint density at radius 3 is 2.68 bits per heavy atom. The molecule has 0 saturated carbocycles. The summed E-state index contributed by atoms with van der Waals surface area (Å²) in [6, 6.07) is 3.50. The predicted octanol–water partition coefficient (Wildman–Crippen LogP) is 2.67. The van der Waals surface area contributed by atoms with Crippen molar-refractivity contribution in [3.8, 4) is 0 Å². The quantitative estimate of drug-likeness (QED) is 0.820. The molecule has 0 aliphatic carbocycles. The van der Waals surface area contributed by atoms with E-state index in [-0.39, 0.29) is 12.0 Å². The average molecular weight is 308 g/mol. The summed E-state index contributed by atoms with van der Waals surface area (Å²) in [6.45, 7) is 8.59. The molecule has 0 saturated heterocycles. The number of nitrogens with zero attached hydrogens (tertiary/aromatic N) is 1. The Bertz CT molecular complexity index is 501. The summed E-state index contributed by atoms with van der Waals surface area (Å²) in [5.41, 5.74) is -0.528. The Labute approximate surface area is 131 Å². The van der Waals surface area contributed by atoms with Crippen LogP contribution in [0.2, 0.25) is 0 Å². The van der Waals surface area contributed by atoms with Gasteiger partial charge in [-0.15, -0.1) is 0 Å². The second-order valence-corrected chi connectivity index (χ2v) is 5.70. The third kappa shape index (κ3) is 6.97. The molecule has 122 valence electrons. The van der Waals surface area contributed by atoms with Crippen molar-refractivity contribution >= 4 is 18.1 Å². The van der Waals surface area contributed by atoms with Crippen molar-refractivity contribution in [1.82, 2.24) is 10.2 Å². The first-order valence-electron chi connectivity index (χ1n) is 7.29. The van der Waals surface area contributed by atoms with Gasteiger partial charge in [0.15, 0.2) is 0 Å². The van der Waals surface area contributed by atoms with Crippen LogP contribution in [0.5, 0.6) is 0 Å². The number of amides is 2.